The van der Waals surface area contributed by atoms with Crippen LogP contribution in [0.1, 0.15) is 86.3 Å². The van der Waals surface area contributed by atoms with Gasteiger partial charge in [0.1, 0.15) is 6.10 Å². The third-order valence-corrected chi connectivity index (χ3v) is 11.4. The molecule has 2 heterocycles. The molecule has 0 N–H and O–H groups in total. The Bertz CT molecular complexity index is 1600. The van der Waals surface area contributed by atoms with Crippen molar-refractivity contribution in [2.45, 2.75) is 98.6 Å². The van der Waals surface area contributed by atoms with Crippen LogP contribution in [0.25, 0.3) is 0 Å². The van der Waals surface area contributed by atoms with Crippen LogP contribution in [-0.4, -0.2) is 60.5 Å². The van der Waals surface area contributed by atoms with Gasteiger partial charge in [0.05, 0.1) is 26.1 Å². The fraction of sp³-hybridized carbons (Fsp3) is 0.611. The predicted molar refractivity (Wildman–Crippen MR) is 166 cm³/mol. The van der Waals surface area contributed by atoms with E-state index in [1.54, 1.807) is 52.8 Å². The van der Waals surface area contributed by atoms with Gasteiger partial charge in [0.25, 0.3) is 0 Å². The lowest BCUT2D eigenvalue weighted by molar-refractivity contribution is -0.243. The highest BCUT2D eigenvalue weighted by Crippen LogP contribution is 2.69. The van der Waals surface area contributed by atoms with E-state index in [0.717, 1.165) is 21.0 Å². The zero-order chi connectivity index (χ0) is 35.6. The summed E-state index contributed by atoms with van der Waals surface area (Å²) in [6.45, 7) is 12.6. The number of ether oxygens (including phenoxy) is 5. The SMILES string of the molecule is CC=C(C)C(=O)OC1C2(OC(C)=O)C=C3C4CC(=O)OC(c5ccoc5)C4(C)CCC3C(C)(C2=O)C(C(OC(C)=O)C(=O)OC)C1(C)C. The van der Waals surface area contributed by atoms with E-state index >= 15 is 4.79 Å². The predicted octanol–water partition coefficient (Wildman–Crippen LogP) is 4.76. The topological polar surface area (TPSA) is 162 Å². The van der Waals surface area contributed by atoms with E-state index in [-0.39, 0.29) is 12.0 Å². The lowest BCUT2D eigenvalue weighted by atomic mass is 9.39. The molecule has 12 heteroatoms. The van der Waals surface area contributed by atoms with Crippen molar-refractivity contribution in [3.05, 3.63) is 47.5 Å². The van der Waals surface area contributed by atoms with Gasteiger partial charge >= 0.3 is 29.8 Å². The molecule has 12 nitrogen and oxygen atoms in total. The molecule has 3 fully saturated rings. The Balaban J connectivity index is 1.84. The largest absolute Gasteiger partial charge is 0.472 e. The first-order valence-electron chi connectivity index (χ1n) is 16.2. The summed E-state index contributed by atoms with van der Waals surface area (Å²) >= 11 is 0. The van der Waals surface area contributed by atoms with E-state index in [1.165, 1.54) is 12.5 Å². The minimum absolute atomic E-state index is 0.0336. The Labute approximate surface area is 279 Å². The Morgan fingerprint density at radius 3 is 2.27 bits per heavy atom. The molecule has 9 unspecified atom stereocenters. The molecule has 1 aromatic rings. The van der Waals surface area contributed by atoms with Gasteiger partial charge in [-0.1, -0.05) is 39.3 Å². The number of esters is 5. The fourth-order valence-corrected chi connectivity index (χ4v) is 9.40. The molecule has 1 aromatic heterocycles. The molecule has 0 radical (unpaired) electrons. The molecule has 48 heavy (non-hydrogen) atoms. The highest BCUT2D eigenvalue weighted by molar-refractivity contribution is 6.01. The Morgan fingerprint density at radius 2 is 1.71 bits per heavy atom. The summed E-state index contributed by atoms with van der Waals surface area (Å²) in [4.78, 5) is 81.2. The maximum Gasteiger partial charge on any atom is 0.347 e. The monoisotopic (exact) mass is 668 g/mol. The molecule has 4 aliphatic rings. The summed E-state index contributed by atoms with van der Waals surface area (Å²) in [7, 11) is 1.15. The molecule has 0 amide bonds. The van der Waals surface area contributed by atoms with Crippen molar-refractivity contribution < 1.29 is 56.9 Å². The second-order valence-electron chi connectivity index (χ2n) is 14.5. The second-order valence-corrected chi connectivity index (χ2v) is 14.5. The number of fused-ring (bicyclic) bond motifs is 6. The van der Waals surface area contributed by atoms with Crippen LogP contribution in [0.2, 0.25) is 0 Å². The highest BCUT2D eigenvalue weighted by Gasteiger charge is 2.77. The number of ketones is 1. The van der Waals surface area contributed by atoms with E-state index < -0.39 is 93.5 Å². The number of furan rings is 1. The number of Topliss-reactive ketones (excluding diaryl/α,β-unsaturated/α-hetero) is 1. The Kier molecular flexibility index (Phi) is 8.80. The highest BCUT2D eigenvalue weighted by atomic mass is 16.6. The molecular weight excluding hydrogens is 624 g/mol. The van der Waals surface area contributed by atoms with Crippen molar-refractivity contribution in [3.63, 3.8) is 0 Å². The first-order chi connectivity index (χ1) is 22.4. The van der Waals surface area contributed by atoms with Crippen molar-refractivity contribution in [2.75, 3.05) is 7.11 Å². The summed E-state index contributed by atoms with van der Waals surface area (Å²) in [6.07, 6.45) is 3.28. The Hall–Kier alpha value is -4.22. The zero-order valence-electron chi connectivity index (χ0n) is 28.9. The van der Waals surface area contributed by atoms with Gasteiger partial charge in [-0.3, -0.25) is 19.2 Å². The van der Waals surface area contributed by atoms with Gasteiger partial charge in [-0.2, -0.15) is 0 Å². The van der Waals surface area contributed by atoms with Crippen molar-refractivity contribution in [1.29, 1.82) is 0 Å². The summed E-state index contributed by atoms with van der Waals surface area (Å²) in [6, 6.07) is 1.74. The third-order valence-electron chi connectivity index (χ3n) is 11.4. The molecule has 3 aliphatic carbocycles. The zero-order valence-corrected chi connectivity index (χ0v) is 28.9. The van der Waals surface area contributed by atoms with Crippen LogP contribution in [0.15, 0.2) is 46.3 Å². The standard InChI is InChI=1S/C36H44O12/c1-10-18(2)29(40)47-32-33(5,6)27(26(30(41)43-9)45-19(3)37)35(8)23-11-13-34(7)24(15-25(39)46-28(34)21-12-14-44-17-21)22(23)16-36(32,31(35)42)48-20(4)38/h10,12,14,16-17,23-24,26-28,32H,11,13,15H2,1-9H3. The first-order valence-corrected chi connectivity index (χ1v) is 16.2. The molecule has 5 rings (SSSR count). The number of hydrogen-bond acceptors (Lipinski definition) is 12. The fourth-order valence-electron chi connectivity index (χ4n) is 9.40. The minimum Gasteiger partial charge on any atom is -0.472 e. The minimum atomic E-state index is -2.16. The molecule has 9 atom stereocenters. The van der Waals surface area contributed by atoms with E-state index in [0.29, 0.717) is 24.0 Å². The van der Waals surface area contributed by atoms with Crippen LogP contribution in [0.5, 0.6) is 0 Å². The van der Waals surface area contributed by atoms with Gasteiger partial charge in [-0.05, 0) is 50.7 Å². The van der Waals surface area contributed by atoms with Crippen molar-refractivity contribution in [3.8, 4) is 0 Å². The van der Waals surface area contributed by atoms with Gasteiger partial charge in [0, 0.05) is 47.1 Å². The summed E-state index contributed by atoms with van der Waals surface area (Å²) < 4.78 is 34.3. The van der Waals surface area contributed by atoms with Gasteiger partial charge in [0.15, 0.2) is 11.9 Å². The molecule has 1 saturated heterocycles. The number of rotatable bonds is 7. The lowest BCUT2D eigenvalue weighted by Crippen LogP contribution is -2.77. The van der Waals surface area contributed by atoms with Gasteiger partial charge < -0.3 is 28.1 Å². The summed E-state index contributed by atoms with van der Waals surface area (Å²) in [5.41, 5.74) is -4.19. The molecule has 2 saturated carbocycles. The second kappa shape index (κ2) is 12.0. The Morgan fingerprint density at radius 1 is 1.02 bits per heavy atom. The lowest BCUT2D eigenvalue weighted by Gasteiger charge is -2.66. The summed E-state index contributed by atoms with van der Waals surface area (Å²) in [5.74, 6) is -6.57. The van der Waals surface area contributed by atoms with Gasteiger partial charge in [-0.15, -0.1) is 0 Å². The first kappa shape index (κ1) is 35.1. The molecule has 260 valence electrons. The number of carbonyl (C=O) groups is 6. The number of methoxy groups -OCH3 is 1. The average Bonchev–Trinajstić information content (AvgIpc) is 3.55. The maximum absolute atomic E-state index is 15.3. The molecule has 0 spiro atoms. The third kappa shape index (κ3) is 5.09. The van der Waals surface area contributed by atoms with Crippen LogP contribution < -0.4 is 0 Å². The quantitative estimate of drug-likeness (QED) is 0.170. The number of cyclic esters (lactones) is 1. The van der Waals surface area contributed by atoms with Crippen LogP contribution in [-0.2, 0) is 52.5 Å². The normalized spacial score (nSPS) is 35.9. The average molecular weight is 669 g/mol. The van der Waals surface area contributed by atoms with Crippen molar-refractivity contribution >= 4 is 35.6 Å². The molecule has 1 aliphatic heterocycles. The molecule has 2 bridgehead atoms. The van der Waals surface area contributed by atoms with Crippen LogP contribution >= 0.6 is 0 Å². The number of allylic oxidation sites excluding steroid dienone is 2. The van der Waals surface area contributed by atoms with E-state index in [1.807, 2.05) is 6.92 Å². The van der Waals surface area contributed by atoms with Crippen molar-refractivity contribution in [1.82, 2.24) is 0 Å². The van der Waals surface area contributed by atoms with E-state index in [4.69, 9.17) is 28.1 Å². The smallest absolute Gasteiger partial charge is 0.347 e. The van der Waals surface area contributed by atoms with Crippen LogP contribution in [0.3, 0.4) is 0 Å². The van der Waals surface area contributed by atoms with Crippen LogP contribution in [0, 0.1) is 34.0 Å². The number of hydrogen-bond donors (Lipinski definition) is 0. The molecular formula is C36H44O12. The molecule has 0 aromatic carbocycles. The summed E-state index contributed by atoms with van der Waals surface area (Å²) in [5, 5.41) is 0. The van der Waals surface area contributed by atoms with E-state index in [2.05, 4.69) is 0 Å². The van der Waals surface area contributed by atoms with Gasteiger partial charge in [-0.25, -0.2) is 9.59 Å². The van der Waals surface area contributed by atoms with Gasteiger partial charge in [0.2, 0.25) is 11.7 Å². The maximum atomic E-state index is 15.3. The van der Waals surface area contributed by atoms with Crippen molar-refractivity contribution in [2.24, 2.45) is 34.0 Å². The number of carbonyl (C=O) groups excluding carboxylic acids is 6. The van der Waals surface area contributed by atoms with Crippen LogP contribution in [0.4, 0.5) is 0 Å². The van der Waals surface area contributed by atoms with E-state index in [9.17, 15) is 24.0 Å².